The maximum atomic E-state index is 12.7. The maximum Gasteiger partial charge on any atom is 0.416 e. The zero-order chi connectivity index (χ0) is 15.2. The number of fused-ring (bicyclic) bond motifs is 1. The van der Waals surface area contributed by atoms with Crippen LogP contribution in [0.1, 0.15) is 28.5 Å². The van der Waals surface area contributed by atoms with Gasteiger partial charge in [0.15, 0.2) is 0 Å². The van der Waals surface area contributed by atoms with Gasteiger partial charge in [-0.05, 0) is 64.3 Å². The molecular weight excluding hydrogens is 347 g/mol. The molecular formula is C15H11BrF3NO. The number of aryl methyl sites for hydroxylation is 1. The average molecular weight is 358 g/mol. The monoisotopic (exact) mass is 357 g/mol. The fraction of sp³-hybridized carbons (Fsp3) is 0.267. The Balaban J connectivity index is 1.91. The van der Waals surface area contributed by atoms with Gasteiger partial charge in [-0.1, -0.05) is 0 Å². The van der Waals surface area contributed by atoms with Gasteiger partial charge in [0.2, 0.25) is 0 Å². The number of aromatic nitrogens is 1. The SMILES string of the molecule is Cc1cc(Br)nc(C2Cc3cc(C(F)(F)F)ccc3O2)c1. The summed E-state index contributed by atoms with van der Waals surface area (Å²) in [5.74, 6) is 0.493. The van der Waals surface area contributed by atoms with E-state index in [0.29, 0.717) is 28.0 Å². The third-order valence-corrected chi connectivity index (χ3v) is 3.76. The summed E-state index contributed by atoms with van der Waals surface area (Å²) < 4.78 is 44.6. The summed E-state index contributed by atoms with van der Waals surface area (Å²) in [5.41, 5.74) is 1.65. The second kappa shape index (κ2) is 5.02. The van der Waals surface area contributed by atoms with E-state index in [1.54, 1.807) is 0 Å². The molecule has 0 amide bonds. The van der Waals surface area contributed by atoms with Crippen molar-refractivity contribution in [2.24, 2.45) is 0 Å². The van der Waals surface area contributed by atoms with Crippen molar-refractivity contribution in [2.45, 2.75) is 25.6 Å². The van der Waals surface area contributed by atoms with Gasteiger partial charge in [-0.25, -0.2) is 4.98 Å². The number of halogens is 4. The molecule has 1 aromatic carbocycles. The molecule has 0 saturated heterocycles. The molecule has 1 aromatic heterocycles. The molecule has 21 heavy (non-hydrogen) atoms. The molecule has 1 unspecified atom stereocenters. The van der Waals surface area contributed by atoms with E-state index in [1.165, 1.54) is 6.07 Å². The summed E-state index contributed by atoms with van der Waals surface area (Å²) in [6.45, 7) is 1.93. The van der Waals surface area contributed by atoms with E-state index >= 15 is 0 Å². The molecule has 0 fully saturated rings. The molecule has 0 aliphatic carbocycles. The van der Waals surface area contributed by atoms with E-state index in [-0.39, 0.29) is 6.10 Å². The summed E-state index contributed by atoms with van der Waals surface area (Å²) in [7, 11) is 0. The quantitative estimate of drug-likeness (QED) is 0.680. The van der Waals surface area contributed by atoms with Crippen molar-refractivity contribution in [1.29, 1.82) is 0 Å². The van der Waals surface area contributed by atoms with E-state index in [4.69, 9.17) is 4.74 Å². The lowest BCUT2D eigenvalue weighted by atomic mass is 10.0. The van der Waals surface area contributed by atoms with E-state index in [1.807, 2.05) is 19.1 Å². The molecule has 3 rings (SSSR count). The van der Waals surface area contributed by atoms with Crippen LogP contribution in [0, 0.1) is 6.92 Å². The van der Waals surface area contributed by atoms with Crippen molar-refractivity contribution in [3.05, 3.63) is 57.3 Å². The van der Waals surface area contributed by atoms with E-state index in [0.717, 1.165) is 17.7 Å². The van der Waals surface area contributed by atoms with Crippen LogP contribution < -0.4 is 4.74 Å². The van der Waals surface area contributed by atoms with Crippen LogP contribution in [0.15, 0.2) is 34.9 Å². The highest BCUT2D eigenvalue weighted by Crippen LogP contribution is 2.40. The Bertz CT molecular complexity index is 680. The fourth-order valence-electron chi connectivity index (χ4n) is 2.41. The van der Waals surface area contributed by atoms with E-state index in [9.17, 15) is 13.2 Å². The van der Waals surface area contributed by atoms with Crippen molar-refractivity contribution in [3.63, 3.8) is 0 Å². The molecule has 110 valence electrons. The number of ether oxygens (including phenoxy) is 1. The second-order valence-corrected chi connectivity index (χ2v) is 5.84. The number of nitrogens with zero attached hydrogens (tertiary/aromatic N) is 1. The second-order valence-electron chi connectivity index (χ2n) is 5.02. The topological polar surface area (TPSA) is 22.1 Å². The minimum absolute atomic E-state index is 0.348. The van der Waals surface area contributed by atoms with Gasteiger partial charge in [-0.3, -0.25) is 0 Å². The third-order valence-electron chi connectivity index (χ3n) is 3.35. The molecule has 6 heteroatoms. The number of hydrogen-bond donors (Lipinski definition) is 0. The molecule has 0 N–H and O–H groups in total. The van der Waals surface area contributed by atoms with Crippen LogP contribution in [-0.2, 0) is 12.6 Å². The molecule has 0 saturated carbocycles. The number of benzene rings is 1. The van der Waals surface area contributed by atoms with Crippen molar-refractivity contribution in [2.75, 3.05) is 0 Å². The Hall–Kier alpha value is -1.56. The molecule has 0 bridgehead atoms. The highest BCUT2D eigenvalue weighted by Gasteiger charge is 2.33. The van der Waals surface area contributed by atoms with Crippen molar-refractivity contribution >= 4 is 15.9 Å². The van der Waals surface area contributed by atoms with E-state index in [2.05, 4.69) is 20.9 Å². The number of rotatable bonds is 1. The average Bonchev–Trinajstić information content (AvgIpc) is 2.79. The molecule has 1 atom stereocenters. The molecule has 2 heterocycles. The fourth-order valence-corrected chi connectivity index (χ4v) is 2.97. The van der Waals surface area contributed by atoms with Gasteiger partial charge in [0.25, 0.3) is 0 Å². The zero-order valence-electron chi connectivity index (χ0n) is 11.0. The van der Waals surface area contributed by atoms with E-state index < -0.39 is 11.7 Å². The van der Waals surface area contributed by atoms with Gasteiger partial charge in [0, 0.05) is 6.42 Å². The Morgan fingerprint density at radius 2 is 2.00 bits per heavy atom. The minimum Gasteiger partial charge on any atom is -0.483 e. The van der Waals surface area contributed by atoms with Crippen molar-refractivity contribution in [1.82, 2.24) is 4.98 Å². The predicted octanol–water partition coefficient (Wildman–Crippen LogP) is 4.85. The van der Waals surface area contributed by atoms with Gasteiger partial charge in [-0.15, -0.1) is 0 Å². The van der Waals surface area contributed by atoms with Crippen molar-refractivity contribution in [3.8, 4) is 5.75 Å². The number of pyridine rings is 1. The van der Waals surface area contributed by atoms with Crippen LogP contribution in [0.5, 0.6) is 5.75 Å². The van der Waals surface area contributed by atoms with Crippen LogP contribution in [0.4, 0.5) is 13.2 Å². The molecule has 1 aliphatic heterocycles. The highest BCUT2D eigenvalue weighted by atomic mass is 79.9. The van der Waals surface area contributed by atoms with Gasteiger partial charge in [-0.2, -0.15) is 13.2 Å². The van der Waals surface area contributed by atoms with Gasteiger partial charge >= 0.3 is 6.18 Å². The molecule has 2 nitrogen and oxygen atoms in total. The summed E-state index contributed by atoms with van der Waals surface area (Å²) in [6.07, 6.45) is -4.29. The first kappa shape index (κ1) is 14.4. The summed E-state index contributed by atoms with van der Waals surface area (Å²) in [4.78, 5) is 4.34. The molecule has 0 radical (unpaired) electrons. The largest absolute Gasteiger partial charge is 0.483 e. The Labute approximate surface area is 128 Å². The van der Waals surface area contributed by atoms with Crippen LogP contribution >= 0.6 is 15.9 Å². The van der Waals surface area contributed by atoms with Crippen LogP contribution in [-0.4, -0.2) is 4.98 Å². The smallest absolute Gasteiger partial charge is 0.416 e. The summed E-state index contributed by atoms with van der Waals surface area (Å²) in [5, 5.41) is 0. The number of hydrogen-bond acceptors (Lipinski definition) is 2. The highest BCUT2D eigenvalue weighted by molar-refractivity contribution is 9.10. The molecule has 1 aliphatic rings. The summed E-state index contributed by atoms with van der Waals surface area (Å²) in [6, 6.07) is 7.32. The standard InChI is InChI=1S/C15H11BrF3NO/c1-8-4-11(20-14(16)5-8)13-7-9-6-10(15(17,18)19)2-3-12(9)21-13/h2-6,13H,7H2,1H3. The van der Waals surface area contributed by atoms with Gasteiger partial charge in [0.05, 0.1) is 11.3 Å². The first-order valence-electron chi connectivity index (χ1n) is 6.34. The van der Waals surface area contributed by atoms with Gasteiger partial charge < -0.3 is 4.74 Å². The first-order valence-corrected chi connectivity index (χ1v) is 7.13. The first-order chi connectivity index (χ1) is 9.83. The summed E-state index contributed by atoms with van der Waals surface area (Å²) >= 11 is 3.32. The lowest BCUT2D eigenvalue weighted by Crippen LogP contribution is -2.06. The zero-order valence-corrected chi connectivity index (χ0v) is 12.6. The van der Waals surface area contributed by atoms with Crippen molar-refractivity contribution < 1.29 is 17.9 Å². The normalized spacial score (nSPS) is 17.5. The Morgan fingerprint density at radius 3 is 2.67 bits per heavy atom. The Kier molecular flexibility index (Phi) is 3.43. The molecule has 0 spiro atoms. The molecule has 2 aromatic rings. The maximum absolute atomic E-state index is 12.7. The lowest BCUT2D eigenvalue weighted by Gasteiger charge is -2.11. The van der Waals surface area contributed by atoms with Crippen LogP contribution in [0.2, 0.25) is 0 Å². The minimum atomic E-state index is -4.34. The Morgan fingerprint density at radius 1 is 1.24 bits per heavy atom. The van der Waals surface area contributed by atoms with Crippen LogP contribution in [0.3, 0.4) is 0 Å². The predicted molar refractivity (Wildman–Crippen MR) is 75.2 cm³/mol. The lowest BCUT2D eigenvalue weighted by molar-refractivity contribution is -0.137. The van der Waals surface area contributed by atoms with Gasteiger partial charge in [0.1, 0.15) is 16.5 Å². The number of alkyl halides is 3. The third kappa shape index (κ3) is 2.90. The van der Waals surface area contributed by atoms with Crippen LogP contribution in [0.25, 0.3) is 0 Å².